The first kappa shape index (κ1) is 22.4. The molecular weight excluding hydrogens is 384 g/mol. The van der Waals surface area contributed by atoms with Crippen LogP contribution in [-0.2, 0) is 32.0 Å². The number of carbonyl (C=O) groups is 1. The molecule has 1 fully saturated rings. The van der Waals surface area contributed by atoms with E-state index < -0.39 is 12.6 Å². The Morgan fingerprint density at radius 1 is 1.13 bits per heavy atom. The molecule has 2 aromatic carbocycles. The Morgan fingerprint density at radius 2 is 1.90 bits per heavy atom. The minimum absolute atomic E-state index is 0.00336. The van der Waals surface area contributed by atoms with Gasteiger partial charge in [-0.05, 0) is 42.5 Å². The van der Waals surface area contributed by atoms with Gasteiger partial charge in [-0.1, -0.05) is 42.5 Å². The first-order valence-corrected chi connectivity index (χ1v) is 10.4. The molecule has 2 aromatic rings. The molecular formula is C24H30O6. The van der Waals surface area contributed by atoms with Gasteiger partial charge in [0.2, 0.25) is 0 Å². The molecule has 1 saturated heterocycles. The van der Waals surface area contributed by atoms with Crippen molar-refractivity contribution in [1.82, 2.24) is 0 Å². The summed E-state index contributed by atoms with van der Waals surface area (Å²) in [5.41, 5.74) is 2.14. The molecule has 0 bridgehead atoms. The van der Waals surface area contributed by atoms with E-state index in [4.69, 9.17) is 18.9 Å². The van der Waals surface area contributed by atoms with E-state index in [-0.39, 0.29) is 24.7 Å². The van der Waals surface area contributed by atoms with E-state index in [1.807, 2.05) is 54.6 Å². The number of ether oxygens (including phenoxy) is 4. The van der Waals surface area contributed by atoms with Gasteiger partial charge in [-0.25, -0.2) is 0 Å². The third-order valence-electron chi connectivity index (χ3n) is 5.07. The van der Waals surface area contributed by atoms with Gasteiger partial charge in [-0.15, -0.1) is 0 Å². The second-order valence-corrected chi connectivity index (χ2v) is 7.49. The Balaban J connectivity index is 1.36. The lowest BCUT2D eigenvalue weighted by atomic mass is 10.0. The predicted molar refractivity (Wildman–Crippen MR) is 112 cm³/mol. The van der Waals surface area contributed by atoms with E-state index in [9.17, 15) is 9.90 Å². The van der Waals surface area contributed by atoms with Crippen LogP contribution in [0.5, 0.6) is 5.75 Å². The number of benzene rings is 2. The number of methoxy groups -OCH3 is 1. The van der Waals surface area contributed by atoms with Crippen molar-refractivity contribution in [2.75, 3.05) is 13.7 Å². The molecule has 0 radical (unpaired) electrons. The van der Waals surface area contributed by atoms with E-state index in [0.717, 1.165) is 23.3 Å². The molecule has 0 amide bonds. The van der Waals surface area contributed by atoms with Crippen molar-refractivity contribution in [3.8, 4) is 5.75 Å². The number of ketones is 1. The van der Waals surface area contributed by atoms with Crippen LogP contribution in [0.25, 0.3) is 0 Å². The fourth-order valence-corrected chi connectivity index (χ4v) is 3.36. The van der Waals surface area contributed by atoms with Crippen LogP contribution in [0, 0.1) is 0 Å². The Bertz CT molecular complexity index is 761. The number of rotatable bonds is 11. The predicted octanol–water partition coefficient (Wildman–Crippen LogP) is 3.64. The topological polar surface area (TPSA) is 74.2 Å². The van der Waals surface area contributed by atoms with Crippen LogP contribution < -0.4 is 4.74 Å². The van der Waals surface area contributed by atoms with Crippen LogP contribution in [-0.4, -0.2) is 43.3 Å². The highest BCUT2D eigenvalue weighted by molar-refractivity contribution is 5.79. The van der Waals surface area contributed by atoms with E-state index in [0.29, 0.717) is 26.1 Å². The minimum atomic E-state index is -0.790. The zero-order chi connectivity index (χ0) is 21.2. The van der Waals surface area contributed by atoms with E-state index in [1.54, 1.807) is 7.11 Å². The highest BCUT2D eigenvalue weighted by atomic mass is 16.8. The van der Waals surface area contributed by atoms with Crippen LogP contribution >= 0.6 is 0 Å². The molecule has 1 aliphatic heterocycles. The fraction of sp³-hybridized carbons (Fsp3) is 0.458. The third kappa shape index (κ3) is 7.54. The summed E-state index contributed by atoms with van der Waals surface area (Å²) >= 11 is 0. The monoisotopic (exact) mass is 414 g/mol. The summed E-state index contributed by atoms with van der Waals surface area (Å²) in [7, 11) is 1.62. The highest BCUT2D eigenvalue weighted by Gasteiger charge is 2.26. The van der Waals surface area contributed by atoms with Gasteiger partial charge in [-0.3, -0.25) is 4.79 Å². The molecule has 1 N–H and O–H groups in total. The first-order valence-electron chi connectivity index (χ1n) is 10.4. The van der Waals surface area contributed by atoms with E-state index >= 15 is 0 Å². The lowest BCUT2D eigenvalue weighted by molar-refractivity contribution is -0.334. The van der Waals surface area contributed by atoms with Gasteiger partial charge < -0.3 is 24.1 Å². The lowest BCUT2D eigenvalue weighted by Gasteiger charge is -2.29. The quantitative estimate of drug-likeness (QED) is 0.605. The van der Waals surface area contributed by atoms with Crippen molar-refractivity contribution in [3.63, 3.8) is 0 Å². The number of aliphatic hydroxyl groups excluding tert-OH is 1. The summed E-state index contributed by atoms with van der Waals surface area (Å²) in [6, 6.07) is 17.5. The summed E-state index contributed by atoms with van der Waals surface area (Å²) in [5.74, 6) is 0.782. The highest BCUT2D eigenvalue weighted by Crippen LogP contribution is 2.20. The van der Waals surface area contributed by atoms with Crippen LogP contribution in [0.1, 0.15) is 36.8 Å². The summed E-state index contributed by atoms with van der Waals surface area (Å²) in [6.07, 6.45) is 1.46. The van der Waals surface area contributed by atoms with Gasteiger partial charge in [0.1, 0.15) is 11.5 Å². The maximum absolute atomic E-state index is 12.3. The second-order valence-electron chi connectivity index (χ2n) is 7.49. The summed E-state index contributed by atoms with van der Waals surface area (Å²) in [6.45, 7) is 0.0247. The Labute approximate surface area is 177 Å². The zero-order valence-electron chi connectivity index (χ0n) is 17.4. The lowest BCUT2D eigenvalue weighted by Crippen LogP contribution is -2.35. The van der Waals surface area contributed by atoms with Crippen molar-refractivity contribution in [2.24, 2.45) is 0 Å². The van der Waals surface area contributed by atoms with Gasteiger partial charge >= 0.3 is 0 Å². The van der Waals surface area contributed by atoms with Gasteiger partial charge in [0.15, 0.2) is 0 Å². The maximum atomic E-state index is 12.3. The average molecular weight is 414 g/mol. The molecule has 0 unspecified atom stereocenters. The Morgan fingerprint density at radius 3 is 2.63 bits per heavy atom. The summed E-state index contributed by atoms with van der Waals surface area (Å²) in [4.78, 5) is 12.3. The molecule has 30 heavy (non-hydrogen) atoms. The normalized spacial score (nSPS) is 19.9. The smallest absolute Gasteiger partial charge is 0.272 e. The molecule has 6 nitrogen and oxygen atoms in total. The molecule has 3 atom stereocenters. The Hall–Kier alpha value is -2.25. The summed E-state index contributed by atoms with van der Waals surface area (Å²) in [5, 5.41) is 10.2. The zero-order valence-corrected chi connectivity index (χ0v) is 17.4. The molecule has 162 valence electrons. The van der Waals surface area contributed by atoms with Crippen molar-refractivity contribution in [2.45, 2.75) is 57.4 Å². The van der Waals surface area contributed by atoms with Gasteiger partial charge in [0.05, 0.1) is 32.5 Å². The number of aliphatic hydroxyl groups is 1. The van der Waals surface area contributed by atoms with Crippen LogP contribution in [0.15, 0.2) is 54.6 Å². The van der Waals surface area contributed by atoms with Crippen molar-refractivity contribution >= 4 is 5.78 Å². The van der Waals surface area contributed by atoms with Gasteiger partial charge in [0, 0.05) is 12.8 Å². The maximum Gasteiger partial charge on any atom is 0.272 e. The van der Waals surface area contributed by atoms with Crippen molar-refractivity contribution in [1.29, 1.82) is 0 Å². The first-order chi connectivity index (χ1) is 14.6. The fourth-order valence-electron chi connectivity index (χ4n) is 3.36. The molecule has 0 aromatic heterocycles. The van der Waals surface area contributed by atoms with E-state index in [1.165, 1.54) is 0 Å². The second kappa shape index (κ2) is 11.8. The van der Waals surface area contributed by atoms with E-state index in [2.05, 4.69) is 0 Å². The van der Waals surface area contributed by atoms with Crippen LogP contribution in [0.4, 0.5) is 0 Å². The van der Waals surface area contributed by atoms with Crippen LogP contribution in [0.2, 0.25) is 0 Å². The molecule has 0 saturated carbocycles. The molecule has 3 rings (SSSR count). The van der Waals surface area contributed by atoms with Gasteiger partial charge in [-0.2, -0.15) is 0 Å². The Kier molecular flexibility index (Phi) is 8.83. The number of carbonyl (C=O) groups excluding carboxylic acids is 1. The van der Waals surface area contributed by atoms with Crippen molar-refractivity contribution in [3.05, 3.63) is 65.7 Å². The average Bonchev–Trinajstić information content (AvgIpc) is 2.77. The molecule has 0 spiro atoms. The standard InChI is InChI=1S/C24H30O6/c1-27-22-11-8-19(9-12-22)17-29-24-28-14-13-23(30-24)16-21(26)15-20(25)10-7-18-5-3-2-4-6-18/h2-6,8-9,11-12,20,23-25H,7,10,13-17H2,1H3/t20-,23-,24+/m0/s1. The molecule has 0 aliphatic carbocycles. The number of hydrogen-bond acceptors (Lipinski definition) is 6. The third-order valence-corrected chi connectivity index (χ3v) is 5.07. The molecule has 1 aliphatic rings. The number of aryl methyl sites for hydroxylation is 1. The minimum Gasteiger partial charge on any atom is -0.497 e. The molecule has 6 heteroatoms. The SMILES string of the molecule is COc1ccc(CO[C@H]2OCC[C@@H](CC(=O)C[C@@H](O)CCc3ccccc3)O2)cc1. The molecule has 1 heterocycles. The summed E-state index contributed by atoms with van der Waals surface area (Å²) < 4.78 is 22.1. The van der Waals surface area contributed by atoms with Crippen molar-refractivity contribution < 1.29 is 28.8 Å². The van der Waals surface area contributed by atoms with Gasteiger partial charge in [0.25, 0.3) is 6.48 Å². The number of hydrogen-bond donors (Lipinski definition) is 1. The number of Topliss-reactive ketones (excluding diaryl/α,β-unsaturated/α-hetero) is 1. The van der Waals surface area contributed by atoms with Crippen LogP contribution in [0.3, 0.4) is 0 Å². The largest absolute Gasteiger partial charge is 0.497 e.